The fourth-order valence-corrected chi connectivity index (χ4v) is 3.02. The molecular formula is C16H26N2. The molecular weight excluding hydrogens is 220 g/mol. The topological polar surface area (TPSA) is 38.0 Å². The molecule has 2 rings (SSSR count). The fourth-order valence-electron chi connectivity index (χ4n) is 3.02. The number of para-hydroxylation sites is 1. The third-order valence-corrected chi connectivity index (χ3v) is 4.58. The highest BCUT2D eigenvalue weighted by molar-refractivity contribution is 5.52. The fraction of sp³-hybridized carbons (Fsp3) is 0.625. The van der Waals surface area contributed by atoms with Crippen molar-refractivity contribution in [2.45, 2.75) is 51.5 Å². The van der Waals surface area contributed by atoms with E-state index in [4.69, 9.17) is 5.73 Å². The molecule has 0 bridgehead atoms. The first-order chi connectivity index (χ1) is 8.69. The molecule has 1 aliphatic carbocycles. The van der Waals surface area contributed by atoms with E-state index in [0.717, 1.165) is 12.5 Å². The van der Waals surface area contributed by atoms with Gasteiger partial charge < -0.3 is 11.1 Å². The van der Waals surface area contributed by atoms with Crippen LogP contribution in [0.15, 0.2) is 24.3 Å². The second-order valence-corrected chi connectivity index (χ2v) is 5.78. The van der Waals surface area contributed by atoms with Gasteiger partial charge in [0.25, 0.3) is 0 Å². The Morgan fingerprint density at radius 2 is 1.94 bits per heavy atom. The summed E-state index contributed by atoms with van der Waals surface area (Å²) < 4.78 is 0. The van der Waals surface area contributed by atoms with Gasteiger partial charge in [-0.3, -0.25) is 0 Å². The minimum Gasteiger partial charge on any atom is -0.378 e. The van der Waals surface area contributed by atoms with Gasteiger partial charge in [-0.15, -0.1) is 0 Å². The maximum atomic E-state index is 6.06. The number of hydrogen-bond acceptors (Lipinski definition) is 2. The third-order valence-electron chi connectivity index (χ3n) is 4.58. The van der Waals surface area contributed by atoms with Gasteiger partial charge in [0.2, 0.25) is 0 Å². The average molecular weight is 246 g/mol. The van der Waals surface area contributed by atoms with E-state index in [1.807, 2.05) is 0 Å². The molecule has 2 heteroatoms. The number of aryl methyl sites for hydroxylation is 1. The number of anilines is 1. The van der Waals surface area contributed by atoms with E-state index in [1.54, 1.807) is 0 Å². The van der Waals surface area contributed by atoms with Crippen LogP contribution in [0, 0.1) is 12.8 Å². The molecule has 0 aliphatic heterocycles. The molecule has 100 valence electrons. The van der Waals surface area contributed by atoms with Gasteiger partial charge in [-0.1, -0.05) is 31.5 Å². The van der Waals surface area contributed by atoms with Gasteiger partial charge >= 0.3 is 0 Å². The summed E-state index contributed by atoms with van der Waals surface area (Å²) in [5.41, 5.74) is 8.74. The highest BCUT2D eigenvalue weighted by atomic mass is 15.0. The van der Waals surface area contributed by atoms with E-state index >= 15 is 0 Å². The van der Waals surface area contributed by atoms with Gasteiger partial charge in [0.15, 0.2) is 0 Å². The Balaban J connectivity index is 2.08. The van der Waals surface area contributed by atoms with Crippen LogP contribution >= 0.6 is 0 Å². The quantitative estimate of drug-likeness (QED) is 0.850. The molecule has 0 aromatic heterocycles. The minimum absolute atomic E-state index is 0.123. The lowest BCUT2D eigenvalue weighted by molar-refractivity contribution is 0.253. The van der Waals surface area contributed by atoms with Crippen molar-refractivity contribution < 1.29 is 0 Å². The second-order valence-electron chi connectivity index (χ2n) is 5.78. The van der Waals surface area contributed by atoms with E-state index in [1.165, 1.54) is 43.4 Å². The van der Waals surface area contributed by atoms with Gasteiger partial charge in [-0.05, 0) is 50.2 Å². The number of rotatable bonds is 4. The number of nitrogens with two attached hydrogens (primary N) is 1. The van der Waals surface area contributed by atoms with Crippen LogP contribution in [-0.2, 0) is 0 Å². The number of hydrogen-bond donors (Lipinski definition) is 2. The molecule has 0 atom stereocenters. The van der Waals surface area contributed by atoms with Crippen LogP contribution in [0.2, 0.25) is 0 Å². The smallest absolute Gasteiger partial charge is 0.0496 e. The molecule has 1 aromatic carbocycles. The third kappa shape index (κ3) is 2.86. The SMILES string of the molecule is CCC1CCC(CN)(Nc2ccccc2C)CC1. The maximum Gasteiger partial charge on any atom is 0.0496 e. The van der Waals surface area contributed by atoms with Crippen LogP contribution in [0.25, 0.3) is 0 Å². The lowest BCUT2D eigenvalue weighted by Gasteiger charge is -2.41. The lowest BCUT2D eigenvalue weighted by atomic mass is 9.75. The molecule has 0 amide bonds. The normalized spacial score (nSPS) is 28.1. The van der Waals surface area contributed by atoms with Gasteiger partial charge in [-0.25, -0.2) is 0 Å². The van der Waals surface area contributed by atoms with E-state index in [0.29, 0.717) is 0 Å². The van der Waals surface area contributed by atoms with Crippen LogP contribution in [0.3, 0.4) is 0 Å². The summed E-state index contributed by atoms with van der Waals surface area (Å²) >= 11 is 0. The van der Waals surface area contributed by atoms with Crippen LogP contribution in [0.4, 0.5) is 5.69 Å². The molecule has 18 heavy (non-hydrogen) atoms. The molecule has 0 radical (unpaired) electrons. The van der Waals surface area contributed by atoms with Crippen molar-refractivity contribution in [2.75, 3.05) is 11.9 Å². The number of benzene rings is 1. The van der Waals surface area contributed by atoms with Crippen LogP contribution < -0.4 is 11.1 Å². The molecule has 0 spiro atoms. The first-order valence-corrected chi connectivity index (χ1v) is 7.23. The first-order valence-electron chi connectivity index (χ1n) is 7.23. The average Bonchev–Trinajstić information content (AvgIpc) is 2.42. The van der Waals surface area contributed by atoms with Gasteiger partial charge in [0.1, 0.15) is 0 Å². The predicted octanol–water partition coefficient (Wildman–Crippen LogP) is 3.70. The molecule has 2 nitrogen and oxygen atoms in total. The summed E-state index contributed by atoms with van der Waals surface area (Å²) in [5.74, 6) is 0.906. The molecule has 1 saturated carbocycles. The van der Waals surface area contributed by atoms with Crippen LogP contribution in [-0.4, -0.2) is 12.1 Å². The van der Waals surface area contributed by atoms with E-state index in [9.17, 15) is 0 Å². The molecule has 1 fully saturated rings. The van der Waals surface area contributed by atoms with Crippen molar-refractivity contribution in [2.24, 2.45) is 11.7 Å². The summed E-state index contributed by atoms with van der Waals surface area (Å²) in [6.07, 6.45) is 6.34. The zero-order chi connectivity index (χ0) is 13.0. The first kappa shape index (κ1) is 13.4. The summed E-state index contributed by atoms with van der Waals surface area (Å²) in [4.78, 5) is 0. The van der Waals surface area contributed by atoms with Crippen molar-refractivity contribution in [1.29, 1.82) is 0 Å². The van der Waals surface area contributed by atoms with Gasteiger partial charge in [0.05, 0.1) is 0 Å². The lowest BCUT2D eigenvalue weighted by Crippen LogP contribution is -2.48. The van der Waals surface area contributed by atoms with Crippen LogP contribution in [0.1, 0.15) is 44.6 Å². The largest absolute Gasteiger partial charge is 0.378 e. The summed E-state index contributed by atoms with van der Waals surface area (Å²) in [6.45, 7) is 5.19. The highest BCUT2D eigenvalue weighted by Crippen LogP contribution is 2.36. The molecule has 0 heterocycles. The minimum atomic E-state index is 0.123. The predicted molar refractivity (Wildman–Crippen MR) is 78.8 cm³/mol. The van der Waals surface area contributed by atoms with Crippen LogP contribution in [0.5, 0.6) is 0 Å². The van der Waals surface area contributed by atoms with Crippen molar-refractivity contribution in [3.05, 3.63) is 29.8 Å². The Kier molecular flexibility index (Phi) is 4.28. The monoisotopic (exact) mass is 246 g/mol. The molecule has 1 aromatic rings. The number of nitrogens with one attached hydrogen (secondary N) is 1. The highest BCUT2D eigenvalue weighted by Gasteiger charge is 2.33. The van der Waals surface area contributed by atoms with Crippen molar-refractivity contribution >= 4 is 5.69 Å². The van der Waals surface area contributed by atoms with Crippen molar-refractivity contribution in [1.82, 2.24) is 0 Å². The Bertz CT molecular complexity index is 378. The van der Waals surface area contributed by atoms with Crippen molar-refractivity contribution in [3.8, 4) is 0 Å². The molecule has 1 aliphatic rings. The molecule has 0 saturated heterocycles. The Morgan fingerprint density at radius 3 is 2.50 bits per heavy atom. The van der Waals surface area contributed by atoms with Gasteiger partial charge in [-0.2, -0.15) is 0 Å². The zero-order valence-electron chi connectivity index (χ0n) is 11.7. The van der Waals surface area contributed by atoms with E-state index in [2.05, 4.69) is 43.4 Å². The van der Waals surface area contributed by atoms with E-state index in [-0.39, 0.29) is 5.54 Å². The maximum absolute atomic E-state index is 6.06. The summed E-state index contributed by atoms with van der Waals surface area (Å²) in [6, 6.07) is 8.50. The Labute approximate surface area is 111 Å². The standard InChI is InChI=1S/C16H26N2/c1-3-14-8-10-16(12-17,11-9-14)18-15-7-5-4-6-13(15)2/h4-7,14,18H,3,8-12,17H2,1-2H3. The second kappa shape index (κ2) is 5.75. The summed E-state index contributed by atoms with van der Waals surface area (Å²) in [5, 5.41) is 3.73. The Morgan fingerprint density at radius 1 is 1.28 bits per heavy atom. The van der Waals surface area contributed by atoms with Gasteiger partial charge in [0, 0.05) is 17.8 Å². The molecule has 0 unspecified atom stereocenters. The van der Waals surface area contributed by atoms with E-state index < -0.39 is 0 Å². The summed E-state index contributed by atoms with van der Waals surface area (Å²) in [7, 11) is 0. The van der Waals surface area contributed by atoms with Crippen molar-refractivity contribution in [3.63, 3.8) is 0 Å². The Hall–Kier alpha value is -1.02. The molecule has 3 N–H and O–H groups in total. The zero-order valence-corrected chi connectivity index (χ0v) is 11.7.